The molecule has 3 aromatic heterocycles. The molecule has 3 heterocycles. The third-order valence-electron chi connectivity index (χ3n) is 4.85. The summed E-state index contributed by atoms with van der Waals surface area (Å²) in [5, 5.41) is 13.0. The Hall–Kier alpha value is -3.20. The molecule has 0 saturated carbocycles. The van der Waals surface area contributed by atoms with Crippen LogP contribution in [-0.4, -0.2) is 36.0 Å². The number of halogens is 1. The highest BCUT2D eigenvalue weighted by Gasteiger charge is 2.20. The topological polar surface area (TPSA) is 78.7 Å². The van der Waals surface area contributed by atoms with Gasteiger partial charge in [0.15, 0.2) is 22.6 Å². The molecule has 4 rings (SSSR count). The van der Waals surface area contributed by atoms with Gasteiger partial charge in [-0.25, -0.2) is 4.39 Å². The highest BCUT2D eigenvalue weighted by atomic mass is 32.2. The van der Waals surface area contributed by atoms with Crippen LogP contribution in [0.15, 0.2) is 46.1 Å². The van der Waals surface area contributed by atoms with Crippen LogP contribution in [0.2, 0.25) is 0 Å². The summed E-state index contributed by atoms with van der Waals surface area (Å²) in [5.74, 6) is 1.89. The lowest BCUT2D eigenvalue weighted by Crippen LogP contribution is -2.06. The molecule has 0 aliphatic heterocycles. The van der Waals surface area contributed by atoms with Crippen LogP contribution in [0, 0.1) is 26.6 Å². The van der Waals surface area contributed by atoms with Crippen molar-refractivity contribution in [1.29, 1.82) is 0 Å². The zero-order valence-corrected chi connectivity index (χ0v) is 17.8. The molecule has 1 aromatic carbocycles. The average Bonchev–Trinajstić information content (AvgIpc) is 3.38. The lowest BCUT2D eigenvalue weighted by molar-refractivity contribution is 0.102. The molecular weight excluding hydrogens is 405 g/mol. The number of thioether (sulfide) groups is 1. The Morgan fingerprint density at radius 3 is 2.53 bits per heavy atom. The van der Waals surface area contributed by atoms with Gasteiger partial charge in [0.25, 0.3) is 0 Å². The van der Waals surface area contributed by atoms with Crippen molar-refractivity contribution in [3.63, 3.8) is 0 Å². The lowest BCUT2D eigenvalue weighted by Gasteiger charge is -2.06. The maximum atomic E-state index is 13.2. The van der Waals surface area contributed by atoms with Gasteiger partial charge in [-0.1, -0.05) is 16.9 Å². The normalized spacial score (nSPS) is 11.2. The van der Waals surface area contributed by atoms with Gasteiger partial charge in [-0.15, -0.1) is 10.2 Å². The van der Waals surface area contributed by atoms with Crippen LogP contribution >= 0.6 is 11.8 Å². The molecule has 0 aliphatic carbocycles. The quantitative estimate of drug-likeness (QED) is 0.339. The summed E-state index contributed by atoms with van der Waals surface area (Å²) < 4.78 is 22.0. The van der Waals surface area contributed by atoms with E-state index in [0.717, 1.165) is 17.0 Å². The van der Waals surface area contributed by atoms with Crippen LogP contribution in [0.3, 0.4) is 0 Å². The third kappa shape index (κ3) is 3.68. The standard InChI is InChI=1S/C21H20FN5O2S/c1-12-9-17(14(3)27(12)19-10-13(2)29-25-19)18(28)11-30-21-24-23-20(26(21)4)15-5-7-16(22)8-6-15/h5-10H,11H2,1-4H3. The number of carbonyl (C=O) groups is 1. The van der Waals surface area contributed by atoms with Crippen molar-refractivity contribution in [2.75, 3.05) is 5.75 Å². The molecule has 7 nitrogen and oxygen atoms in total. The summed E-state index contributed by atoms with van der Waals surface area (Å²) in [6.45, 7) is 5.65. The number of hydrogen-bond donors (Lipinski definition) is 0. The van der Waals surface area contributed by atoms with E-state index in [1.165, 1.54) is 23.9 Å². The molecular formula is C21H20FN5O2S. The van der Waals surface area contributed by atoms with E-state index >= 15 is 0 Å². The minimum absolute atomic E-state index is 0.00843. The average molecular weight is 425 g/mol. The van der Waals surface area contributed by atoms with E-state index in [-0.39, 0.29) is 17.4 Å². The summed E-state index contributed by atoms with van der Waals surface area (Å²) >= 11 is 1.31. The second-order valence-electron chi connectivity index (χ2n) is 7.00. The maximum Gasteiger partial charge on any atom is 0.191 e. The van der Waals surface area contributed by atoms with Gasteiger partial charge in [-0.2, -0.15) is 0 Å². The maximum absolute atomic E-state index is 13.2. The van der Waals surface area contributed by atoms with Crippen molar-refractivity contribution in [3.05, 3.63) is 64.9 Å². The Morgan fingerprint density at radius 2 is 1.87 bits per heavy atom. The molecule has 0 bridgehead atoms. The zero-order valence-electron chi connectivity index (χ0n) is 17.0. The molecule has 9 heteroatoms. The van der Waals surface area contributed by atoms with Crippen molar-refractivity contribution in [1.82, 2.24) is 24.5 Å². The van der Waals surface area contributed by atoms with E-state index in [0.29, 0.717) is 28.1 Å². The fourth-order valence-electron chi connectivity index (χ4n) is 3.36. The van der Waals surface area contributed by atoms with Gasteiger partial charge in [-0.05, 0) is 51.1 Å². The molecule has 4 aromatic rings. The van der Waals surface area contributed by atoms with Gasteiger partial charge < -0.3 is 9.09 Å². The van der Waals surface area contributed by atoms with Crippen molar-refractivity contribution in [2.45, 2.75) is 25.9 Å². The van der Waals surface area contributed by atoms with Crippen LogP contribution < -0.4 is 0 Å². The summed E-state index contributed by atoms with van der Waals surface area (Å²) in [6.07, 6.45) is 0. The minimum Gasteiger partial charge on any atom is -0.360 e. The van der Waals surface area contributed by atoms with E-state index in [1.807, 2.05) is 44.5 Å². The lowest BCUT2D eigenvalue weighted by atomic mass is 10.2. The number of aryl methyl sites for hydroxylation is 2. The van der Waals surface area contributed by atoms with Gasteiger partial charge in [-0.3, -0.25) is 9.36 Å². The number of carbonyl (C=O) groups excluding carboxylic acids is 1. The van der Waals surface area contributed by atoms with Crippen LogP contribution in [0.1, 0.15) is 27.5 Å². The summed E-state index contributed by atoms with van der Waals surface area (Å²) in [4.78, 5) is 12.9. The molecule has 0 atom stereocenters. The first-order valence-corrected chi connectivity index (χ1v) is 10.3. The van der Waals surface area contributed by atoms with E-state index < -0.39 is 0 Å². The van der Waals surface area contributed by atoms with Gasteiger partial charge in [0.05, 0.1) is 5.75 Å². The van der Waals surface area contributed by atoms with Crippen molar-refractivity contribution >= 4 is 17.5 Å². The molecule has 0 amide bonds. The molecule has 0 fully saturated rings. The first kappa shape index (κ1) is 20.1. The molecule has 0 aliphatic rings. The Bertz CT molecular complexity index is 1220. The molecule has 30 heavy (non-hydrogen) atoms. The Morgan fingerprint density at radius 1 is 1.13 bits per heavy atom. The number of nitrogens with zero attached hydrogens (tertiary/aromatic N) is 5. The second-order valence-corrected chi connectivity index (χ2v) is 7.94. The van der Waals surface area contributed by atoms with Crippen molar-refractivity contribution in [3.8, 4) is 17.2 Å². The molecule has 0 saturated heterocycles. The van der Waals surface area contributed by atoms with Gasteiger partial charge in [0.1, 0.15) is 11.6 Å². The number of Topliss-reactive ketones (excluding diaryl/α,β-unsaturated/α-hetero) is 1. The number of hydrogen-bond acceptors (Lipinski definition) is 6. The molecule has 0 spiro atoms. The largest absolute Gasteiger partial charge is 0.360 e. The molecule has 0 radical (unpaired) electrons. The first-order valence-electron chi connectivity index (χ1n) is 9.29. The SMILES string of the molecule is Cc1cc(-n2c(C)cc(C(=O)CSc3nnc(-c4ccc(F)cc4)n3C)c2C)no1. The second kappa shape index (κ2) is 7.91. The Labute approximate surface area is 176 Å². The molecule has 0 unspecified atom stereocenters. The Kier molecular flexibility index (Phi) is 5.29. The third-order valence-corrected chi connectivity index (χ3v) is 5.87. The summed E-state index contributed by atoms with van der Waals surface area (Å²) in [5.41, 5.74) is 3.13. The monoisotopic (exact) mass is 425 g/mol. The van der Waals surface area contributed by atoms with Crippen molar-refractivity contribution < 1.29 is 13.7 Å². The first-order chi connectivity index (χ1) is 14.3. The minimum atomic E-state index is -0.306. The highest BCUT2D eigenvalue weighted by Crippen LogP contribution is 2.26. The van der Waals surface area contributed by atoms with Crippen molar-refractivity contribution in [2.24, 2.45) is 7.05 Å². The Balaban J connectivity index is 1.51. The number of benzene rings is 1. The van der Waals surface area contributed by atoms with Crippen LogP contribution in [0.4, 0.5) is 4.39 Å². The van der Waals surface area contributed by atoms with Gasteiger partial charge in [0, 0.05) is 35.6 Å². The van der Waals surface area contributed by atoms with Gasteiger partial charge in [0.2, 0.25) is 0 Å². The number of ketones is 1. The molecule has 0 N–H and O–H groups in total. The van der Waals surface area contributed by atoms with Gasteiger partial charge >= 0.3 is 0 Å². The molecule has 154 valence electrons. The fourth-order valence-corrected chi connectivity index (χ4v) is 4.15. The fraction of sp³-hybridized carbons (Fsp3) is 0.238. The smallest absolute Gasteiger partial charge is 0.191 e. The van der Waals surface area contributed by atoms with Crippen LogP contribution in [-0.2, 0) is 7.05 Å². The summed E-state index contributed by atoms with van der Waals surface area (Å²) in [6, 6.07) is 9.76. The number of aromatic nitrogens is 5. The zero-order chi connectivity index (χ0) is 21.4. The number of rotatable bonds is 6. The van der Waals surface area contributed by atoms with E-state index in [1.54, 1.807) is 16.7 Å². The van der Waals surface area contributed by atoms with Crippen LogP contribution in [0.25, 0.3) is 17.2 Å². The van der Waals surface area contributed by atoms with Crippen LogP contribution in [0.5, 0.6) is 0 Å². The summed E-state index contributed by atoms with van der Waals surface area (Å²) in [7, 11) is 1.82. The van der Waals surface area contributed by atoms with E-state index in [2.05, 4.69) is 15.4 Å². The van der Waals surface area contributed by atoms with E-state index in [9.17, 15) is 9.18 Å². The predicted molar refractivity (Wildman–Crippen MR) is 111 cm³/mol. The predicted octanol–water partition coefficient (Wildman–Crippen LogP) is 4.30. The highest BCUT2D eigenvalue weighted by molar-refractivity contribution is 7.99. The van der Waals surface area contributed by atoms with E-state index in [4.69, 9.17) is 4.52 Å².